The van der Waals surface area contributed by atoms with Crippen molar-refractivity contribution in [3.63, 3.8) is 0 Å². The molecule has 0 spiro atoms. The fraction of sp³-hybridized carbons (Fsp3) is 0.455. The summed E-state index contributed by atoms with van der Waals surface area (Å²) in [5, 5.41) is 0. The lowest BCUT2D eigenvalue weighted by Crippen LogP contribution is -2.28. The van der Waals surface area contributed by atoms with Gasteiger partial charge in [0.2, 0.25) is 0 Å². The fourth-order valence-electron chi connectivity index (χ4n) is 4.73. The summed E-state index contributed by atoms with van der Waals surface area (Å²) in [6.45, 7) is 6.84. The van der Waals surface area contributed by atoms with Gasteiger partial charge in [0.1, 0.15) is 5.75 Å². The number of rotatable bonds is 4. The molecule has 2 saturated heterocycles. The third-order valence-electron chi connectivity index (χ3n) is 5.95. The number of aryl methyl sites for hydroxylation is 1. The van der Waals surface area contributed by atoms with E-state index in [4.69, 9.17) is 4.74 Å². The Kier molecular flexibility index (Phi) is 7.58. The van der Waals surface area contributed by atoms with Gasteiger partial charge in [-0.25, -0.2) is 0 Å². The van der Waals surface area contributed by atoms with Crippen molar-refractivity contribution in [3.05, 3.63) is 65.2 Å². The molecule has 0 amide bonds. The third-order valence-corrected chi connectivity index (χ3v) is 5.95. The maximum Gasteiger partial charge on any atom is 0.118 e. The summed E-state index contributed by atoms with van der Waals surface area (Å²) < 4.78 is 5.32. The normalized spacial score (nSPS) is 24.8. The second-order valence-electron chi connectivity index (χ2n) is 7.76. The van der Waals surface area contributed by atoms with Gasteiger partial charge in [0.05, 0.1) is 7.11 Å². The minimum absolute atomic E-state index is 0. The second-order valence-corrected chi connectivity index (χ2v) is 7.76. The Morgan fingerprint density at radius 1 is 0.926 bits per heavy atom. The van der Waals surface area contributed by atoms with E-state index in [9.17, 15) is 0 Å². The van der Waals surface area contributed by atoms with Gasteiger partial charge >= 0.3 is 0 Å². The minimum atomic E-state index is 0. The fourth-order valence-corrected chi connectivity index (χ4v) is 4.73. The van der Waals surface area contributed by atoms with Gasteiger partial charge in [-0.15, -0.1) is 24.8 Å². The number of likely N-dealkylation sites (tertiary alicyclic amines) is 2. The van der Waals surface area contributed by atoms with Crippen molar-refractivity contribution in [2.24, 2.45) is 11.8 Å². The van der Waals surface area contributed by atoms with Crippen molar-refractivity contribution in [2.45, 2.75) is 19.5 Å². The van der Waals surface area contributed by atoms with Crippen LogP contribution in [0.2, 0.25) is 0 Å². The molecule has 2 aromatic carbocycles. The van der Waals surface area contributed by atoms with Gasteiger partial charge < -0.3 is 4.74 Å². The molecule has 27 heavy (non-hydrogen) atoms. The zero-order valence-electron chi connectivity index (χ0n) is 16.3. The Balaban J connectivity index is 0.00000131. The van der Waals surface area contributed by atoms with E-state index in [0.29, 0.717) is 6.04 Å². The number of benzene rings is 2. The van der Waals surface area contributed by atoms with E-state index in [-0.39, 0.29) is 24.8 Å². The first-order valence-electron chi connectivity index (χ1n) is 9.26. The van der Waals surface area contributed by atoms with E-state index in [1.165, 1.54) is 36.3 Å². The summed E-state index contributed by atoms with van der Waals surface area (Å²) in [5.74, 6) is 2.44. The van der Waals surface area contributed by atoms with Crippen LogP contribution in [0, 0.1) is 18.8 Å². The number of hydrogen-bond donors (Lipinski definition) is 0. The number of ether oxygens (including phenoxy) is 1. The molecule has 4 rings (SSSR count). The first-order valence-corrected chi connectivity index (χ1v) is 9.26. The molecule has 5 heteroatoms. The van der Waals surface area contributed by atoms with E-state index in [2.05, 4.69) is 72.3 Å². The van der Waals surface area contributed by atoms with Gasteiger partial charge in [-0.05, 0) is 49.1 Å². The molecule has 0 N–H and O–H groups in total. The molecular formula is C22H30Cl2N2O. The van der Waals surface area contributed by atoms with Crippen molar-refractivity contribution in [1.29, 1.82) is 0 Å². The third kappa shape index (κ3) is 4.60. The van der Waals surface area contributed by atoms with E-state index in [1.807, 2.05) is 0 Å². The van der Waals surface area contributed by atoms with E-state index in [1.54, 1.807) is 7.11 Å². The van der Waals surface area contributed by atoms with Crippen LogP contribution >= 0.6 is 24.8 Å². The lowest BCUT2D eigenvalue weighted by Gasteiger charge is -2.27. The lowest BCUT2D eigenvalue weighted by molar-refractivity contribution is 0.224. The maximum absolute atomic E-state index is 5.32. The molecule has 2 aliphatic heterocycles. The molecule has 0 aromatic heterocycles. The molecule has 2 aliphatic rings. The quantitative estimate of drug-likeness (QED) is 0.735. The van der Waals surface area contributed by atoms with Crippen LogP contribution in [0.3, 0.4) is 0 Å². The summed E-state index contributed by atoms with van der Waals surface area (Å²) in [6, 6.07) is 18.2. The first kappa shape index (κ1) is 22.0. The molecule has 0 saturated carbocycles. The van der Waals surface area contributed by atoms with Crippen molar-refractivity contribution in [3.8, 4) is 5.75 Å². The molecule has 3 atom stereocenters. The number of methoxy groups -OCH3 is 1. The summed E-state index contributed by atoms with van der Waals surface area (Å²) in [4.78, 5) is 5.18. The van der Waals surface area contributed by atoms with Gasteiger partial charge in [-0.3, -0.25) is 9.80 Å². The highest BCUT2D eigenvalue weighted by Crippen LogP contribution is 2.44. The summed E-state index contributed by atoms with van der Waals surface area (Å²) in [5.41, 5.74) is 4.19. The van der Waals surface area contributed by atoms with Crippen molar-refractivity contribution in [1.82, 2.24) is 9.80 Å². The van der Waals surface area contributed by atoms with Gasteiger partial charge in [0, 0.05) is 32.2 Å². The van der Waals surface area contributed by atoms with Crippen LogP contribution in [0.15, 0.2) is 48.5 Å². The molecule has 0 radical (unpaired) electrons. The highest BCUT2D eigenvalue weighted by Gasteiger charge is 2.45. The number of nitrogens with zero attached hydrogens (tertiary/aromatic N) is 2. The largest absolute Gasteiger partial charge is 0.497 e. The lowest BCUT2D eigenvalue weighted by atomic mass is 9.89. The van der Waals surface area contributed by atoms with Crippen molar-refractivity contribution < 1.29 is 4.74 Å². The summed E-state index contributed by atoms with van der Waals surface area (Å²) in [7, 11) is 4.00. The van der Waals surface area contributed by atoms with Gasteiger partial charge in [0.25, 0.3) is 0 Å². The predicted molar refractivity (Wildman–Crippen MR) is 116 cm³/mol. The van der Waals surface area contributed by atoms with Crippen LogP contribution in [-0.4, -0.2) is 43.6 Å². The van der Waals surface area contributed by atoms with E-state index < -0.39 is 0 Å². The average molecular weight is 409 g/mol. The van der Waals surface area contributed by atoms with Crippen LogP contribution in [0.1, 0.15) is 22.7 Å². The highest BCUT2D eigenvalue weighted by atomic mass is 35.5. The Bertz CT molecular complexity index is 720. The predicted octanol–water partition coefficient (Wildman–Crippen LogP) is 4.58. The smallest absolute Gasteiger partial charge is 0.118 e. The molecule has 2 fully saturated rings. The number of fused-ring (bicyclic) bond motifs is 1. The summed E-state index contributed by atoms with van der Waals surface area (Å²) in [6.07, 6.45) is 0. The maximum atomic E-state index is 5.32. The van der Waals surface area contributed by atoms with Crippen LogP contribution in [-0.2, 0) is 6.54 Å². The number of halogens is 2. The van der Waals surface area contributed by atoms with Gasteiger partial charge in [0.15, 0.2) is 0 Å². The number of hydrogen-bond acceptors (Lipinski definition) is 3. The van der Waals surface area contributed by atoms with Gasteiger partial charge in [-0.1, -0.05) is 42.0 Å². The van der Waals surface area contributed by atoms with Crippen LogP contribution in [0.5, 0.6) is 5.75 Å². The Labute approximate surface area is 175 Å². The molecule has 3 nitrogen and oxygen atoms in total. The minimum Gasteiger partial charge on any atom is -0.497 e. The topological polar surface area (TPSA) is 15.7 Å². The van der Waals surface area contributed by atoms with Crippen LogP contribution in [0.4, 0.5) is 0 Å². The van der Waals surface area contributed by atoms with Crippen molar-refractivity contribution >= 4 is 24.8 Å². The summed E-state index contributed by atoms with van der Waals surface area (Å²) >= 11 is 0. The van der Waals surface area contributed by atoms with Gasteiger partial charge in [-0.2, -0.15) is 0 Å². The zero-order chi connectivity index (χ0) is 17.4. The Morgan fingerprint density at radius 3 is 2.22 bits per heavy atom. The Morgan fingerprint density at radius 2 is 1.59 bits per heavy atom. The first-order chi connectivity index (χ1) is 12.1. The van der Waals surface area contributed by atoms with Crippen molar-refractivity contribution in [2.75, 3.05) is 33.8 Å². The monoisotopic (exact) mass is 408 g/mol. The molecule has 148 valence electrons. The SMILES string of the molecule is COc1ccc([C@H]2[C@@H]3CN(Cc4ccc(C)cc4)C[C@@H]3CN2C)cc1.Cl.Cl. The van der Waals surface area contributed by atoms with Crippen LogP contribution < -0.4 is 4.74 Å². The average Bonchev–Trinajstić information content (AvgIpc) is 3.13. The molecule has 0 bridgehead atoms. The molecule has 0 aliphatic carbocycles. The molecule has 2 heterocycles. The Hall–Kier alpha value is -1.26. The highest BCUT2D eigenvalue weighted by molar-refractivity contribution is 5.85. The van der Waals surface area contributed by atoms with Crippen LogP contribution in [0.25, 0.3) is 0 Å². The van der Waals surface area contributed by atoms with E-state index in [0.717, 1.165) is 24.1 Å². The molecule has 0 unspecified atom stereocenters. The van der Waals surface area contributed by atoms with E-state index >= 15 is 0 Å². The standard InChI is InChI=1S/C22H28N2O.2ClH/c1-16-4-6-17(7-5-16)12-24-14-19-13-23(2)22(21(19)15-24)18-8-10-20(25-3)11-9-18;;/h4-11,19,21-22H,12-15H2,1-3H3;2*1H/t19-,21+,22-;;/m0../s1. The second kappa shape index (κ2) is 9.29. The molecule has 2 aromatic rings. The zero-order valence-corrected chi connectivity index (χ0v) is 17.9. The molecular weight excluding hydrogens is 379 g/mol.